The number of hydrogen-bond acceptors (Lipinski definition) is 4. The van der Waals surface area contributed by atoms with Crippen LogP contribution in [0.15, 0.2) is 66.9 Å². The van der Waals surface area contributed by atoms with Crippen LogP contribution in [0.25, 0.3) is 12.2 Å². The first-order valence-electron chi connectivity index (χ1n) is 10.2. The molecule has 0 N–H and O–H groups in total. The van der Waals surface area contributed by atoms with Crippen molar-refractivity contribution in [1.82, 2.24) is 4.98 Å². The molecule has 1 aliphatic carbocycles. The Kier molecular flexibility index (Phi) is 6.77. The summed E-state index contributed by atoms with van der Waals surface area (Å²) in [6.45, 7) is -1.92. The third kappa shape index (κ3) is 6.54. The summed E-state index contributed by atoms with van der Waals surface area (Å²) in [4.78, 5) is 4.32. The quantitative estimate of drug-likeness (QED) is 0.388. The Balaban J connectivity index is 1.39. The van der Waals surface area contributed by atoms with E-state index in [9.17, 15) is 8.78 Å². The Morgan fingerprint density at radius 2 is 1.68 bits per heavy atom. The number of rotatable bonds is 10. The molecule has 0 radical (unpaired) electrons. The number of hydrogen-bond donors (Lipinski definition) is 0. The molecule has 1 aliphatic rings. The Morgan fingerprint density at radius 3 is 2.39 bits per heavy atom. The monoisotopic (exact) mass is 423 g/mol. The molecule has 4 nitrogen and oxygen atoms in total. The van der Waals surface area contributed by atoms with Crippen molar-refractivity contribution in [1.29, 1.82) is 0 Å². The summed E-state index contributed by atoms with van der Waals surface area (Å²) < 4.78 is 41.3. The van der Waals surface area contributed by atoms with Crippen LogP contribution in [-0.4, -0.2) is 18.2 Å². The lowest BCUT2D eigenvalue weighted by Gasteiger charge is -2.12. The van der Waals surface area contributed by atoms with Gasteiger partial charge in [0.15, 0.2) is 11.5 Å². The molecule has 6 heteroatoms. The van der Waals surface area contributed by atoms with Crippen LogP contribution in [-0.2, 0) is 6.61 Å². The third-order valence-corrected chi connectivity index (χ3v) is 4.81. The Hall–Kier alpha value is -3.41. The Bertz CT molecular complexity index is 1000. The highest BCUT2D eigenvalue weighted by molar-refractivity contribution is 5.70. The molecular weight excluding hydrogens is 400 g/mol. The molecule has 0 spiro atoms. The maximum Gasteiger partial charge on any atom is 0.387 e. The predicted molar refractivity (Wildman–Crippen MR) is 115 cm³/mol. The van der Waals surface area contributed by atoms with E-state index in [2.05, 4.69) is 9.72 Å². The largest absolute Gasteiger partial charge is 0.489 e. The minimum absolute atomic E-state index is 0.0504. The molecule has 1 saturated carbocycles. The van der Waals surface area contributed by atoms with Crippen molar-refractivity contribution in [2.24, 2.45) is 5.92 Å². The molecule has 0 amide bonds. The van der Waals surface area contributed by atoms with Crippen molar-refractivity contribution in [3.63, 3.8) is 0 Å². The second kappa shape index (κ2) is 10.1. The second-order valence-electron chi connectivity index (χ2n) is 7.38. The maximum atomic E-state index is 12.7. The summed E-state index contributed by atoms with van der Waals surface area (Å²) in [6, 6.07) is 18.5. The number of aromatic nitrogens is 1. The molecule has 160 valence electrons. The topological polar surface area (TPSA) is 40.6 Å². The van der Waals surface area contributed by atoms with E-state index in [4.69, 9.17) is 9.47 Å². The SMILES string of the molecule is FC(F)Oc1ccc(/C=C/c2ccc(OCc3ccccc3)nc2)cc1OCC1CC1. The standard InChI is InChI=1S/C25H23F2NO3/c26-25(27)31-22-12-10-18(14-23(22)29-16-21-8-9-21)6-7-19-11-13-24(28-15-19)30-17-20-4-2-1-3-5-20/h1-7,10-15,21,25H,8-9,16-17H2/b7-6+. The molecule has 0 saturated heterocycles. The molecule has 4 rings (SSSR count). The van der Waals surface area contributed by atoms with Gasteiger partial charge in [-0.3, -0.25) is 0 Å². The van der Waals surface area contributed by atoms with Gasteiger partial charge in [-0.1, -0.05) is 48.6 Å². The number of benzene rings is 2. The van der Waals surface area contributed by atoms with Gasteiger partial charge in [0.1, 0.15) is 6.61 Å². The lowest BCUT2D eigenvalue weighted by molar-refractivity contribution is -0.0515. The second-order valence-corrected chi connectivity index (χ2v) is 7.38. The van der Waals surface area contributed by atoms with Gasteiger partial charge in [0, 0.05) is 12.3 Å². The summed E-state index contributed by atoms with van der Waals surface area (Å²) in [5.74, 6) is 1.43. The highest BCUT2D eigenvalue weighted by atomic mass is 19.3. The van der Waals surface area contributed by atoms with Crippen LogP contribution in [0.1, 0.15) is 29.5 Å². The molecule has 0 unspecified atom stereocenters. The van der Waals surface area contributed by atoms with E-state index in [-0.39, 0.29) is 5.75 Å². The molecular formula is C25H23F2NO3. The van der Waals surface area contributed by atoms with Gasteiger partial charge < -0.3 is 14.2 Å². The Labute approximate surface area is 180 Å². The van der Waals surface area contributed by atoms with Gasteiger partial charge in [0.2, 0.25) is 5.88 Å². The van der Waals surface area contributed by atoms with Crippen molar-refractivity contribution in [2.45, 2.75) is 26.1 Å². The number of ether oxygens (including phenoxy) is 3. The fourth-order valence-corrected chi connectivity index (χ4v) is 2.93. The van der Waals surface area contributed by atoms with Crippen molar-refractivity contribution in [3.05, 3.63) is 83.6 Å². The molecule has 0 aliphatic heterocycles. The van der Waals surface area contributed by atoms with E-state index in [0.717, 1.165) is 29.5 Å². The number of halogens is 2. The van der Waals surface area contributed by atoms with E-state index >= 15 is 0 Å². The molecule has 0 bridgehead atoms. The molecule has 0 atom stereocenters. The zero-order valence-electron chi connectivity index (χ0n) is 16.9. The van der Waals surface area contributed by atoms with Crippen LogP contribution in [0.5, 0.6) is 17.4 Å². The number of pyridine rings is 1. The van der Waals surface area contributed by atoms with Gasteiger partial charge in [0.25, 0.3) is 0 Å². The fraction of sp³-hybridized carbons (Fsp3) is 0.240. The molecule has 3 aromatic rings. The van der Waals surface area contributed by atoms with Gasteiger partial charge in [-0.2, -0.15) is 8.78 Å². The van der Waals surface area contributed by atoms with E-state index in [1.54, 1.807) is 18.3 Å². The van der Waals surface area contributed by atoms with Crippen LogP contribution < -0.4 is 14.2 Å². The van der Waals surface area contributed by atoms with Crippen LogP contribution in [0, 0.1) is 5.92 Å². The zero-order valence-corrected chi connectivity index (χ0v) is 16.9. The fourth-order valence-electron chi connectivity index (χ4n) is 2.93. The normalized spacial score (nSPS) is 13.5. The van der Waals surface area contributed by atoms with Gasteiger partial charge in [-0.15, -0.1) is 0 Å². The minimum atomic E-state index is -2.89. The average Bonchev–Trinajstić information content (AvgIpc) is 3.62. The highest BCUT2D eigenvalue weighted by Gasteiger charge is 2.23. The van der Waals surface area contributed by atoms with Crippen molar-refractivity contribution in [2.75, 3.05) is 6.61 Å². The van der Waals surface area contributed by atoms with Crippen LogP contribution in [0.3, 0.4) is 0 Å². The summed E-state index contributed by atoms with van der Waals surface area (Å²) in [7, 11) is 0. The predicted octanol–water partition coefficient (Wildman–Crippen LogP) is 6.22. The van der Waals surface area contributed by atoms with Crippen LogP contribution in [0.2, 0.25) is 0 Å². The zero-order chi connectivity index (χ0) is 21.5. The van der Waals surface area contributed by atoms with Gasteiger partial charge >= 0.3 is 6.61 Å². The van der Waals surface area contributed by atoms with Gasteiger partial charge in [0.05, 0.1) is 6.61 Å². The highest BCUT2D eigenvalue weighted by Crippen LogP contribution is 2.34. The summed E-state index contributed by atoms with van der Waals surface area (Å²) >= 11 is 0. The number of alkyl halides is 2. The van der Waals surface area contributed by atoms with Crippen LogP contribution in [0.4, 0.5) is 8.78 Å². The summed E-state index contributed by atoms with van der Waals surface area (Å²) in [6.07, 6.45) is 7.71. The molecule has 31 heavy (non-hydrogen) atoms. The molecule has 1 fully saturated rings. The lowest BCUT2D eigenvalue weighted by Crippen LogP contribution is -2.06. The molecule has 1 heterocycles. The maximum absolute atomic E-state index is 12.7. The molecule has 2 aromatic carbocycles. The third-order valence-electron chi connectivity index (χ3n) is 4.81. The van der Waals surface area contributed by atoms with E-state index in [0.29, 0.717) is 30.8 Å². The van der Waals surface area contributed by atoms with E-state index in [1.165, 1.54) is 6.07 Å². The number of nitrogens with zero attached hydrogens (tertiary/aromatic N) is 1. The molecule has 1 aromatic heterocycles. The van der Waals surface area contributed by atoms with E-state index in [1.807, 2.05) is 54.6 Å². The summed E-state index contributed by atoms with van der Waals surface area (Å²) in [5, 5.41) is 0. The average molecular weight is 423 g/mol. The van der Waals surface area contributed by atoms with Crippen molar-refractivity contribution < 1.29 is 23.0 Å². The van der Waals surface area contributed by atoms with Gasteiger partial charge in [-0.25, -0.2) is 4.98 Å². The minimum Gasteiger partial charge on any atom is -0.489 e. The van der Waals surface area contributed by atoms with Crippen LogP contribution >= 0.6 is 0 Å². The van der Waals surface area contributed by atoms with Crippen molar-refractivity contribution in [3.8, 4) is 17.4 Å². The van der Waals surface area contributed by atoms with Gasteiger partial charge in [-0.05, 0) is 53.6 Å². The lowest BCUT2D eigenvalue weighted by atomic mass is 10.1. The first kappa shape index (κ1) is 20.8. The van der Waals surface area contributed by atoms with E-state index < -0.39 is 6.61 Å². The first-order chi connectivity index (χ1) is 15.2. The first-order valence-corrected chi connectivity index (χ1v) is 10.2. The summed E-state index contributed by atoms with van der Waals surface area (Å²) in [5.41, 5.74) is 2.78. The smallest absolute Gasteiger partial charge is 0.387 e. The van der Waals surface area contributed by atoms with Crippen molar-refractivity contribution >= 4 is 12.2 Å². The Morgan fingerprint density at radius 1 is 0.903 bits per heavy atom.